The first-order valence-electron chi connectivity index (χ1n) is 7.67. The molecule has 4 aromatic rings. The normalized spacial score (nSPS) is 12.5. The van der Waals surface area contributed by atoms with Gasteiger partial charge in [0.05, 0.1) is 6.21 Å². The lowest BCUT2D eigenvalue weighted by molar-refractivity contribution is 0.621. The second-order valence-corrected chi connectivity index (χ2v) is 6.19. The number of para-hydroxylation sites is 1. The third kappa shape index (κ3) is 2.92. The maximum absolute atomic E-state index is 13.8. The largest absolute Gasteiger partial charge is 0.454 e. The minimum Gasteiger partial charge on any atom is -0.454 e. The predicted molar refractivity (Wildman–Crippen MR) is 98.4 cm³/mol. The molecule has 0 fully saturated rings. The third-order valence-electron chi connectivity index (χ3n) is 3.77. The molecule has 4 rings (SSSR count). The molecule has 0 unspecified atom stereocenters. The number of furan rings is 1. The van der Waals surface area contributed by atoms with E-state index >= 15 is 0 Å². The molecule has 4 nitrogen and oxygen atoms in total. The highest BCUT2D eigenvalue weighted by Crippen LogP contribution is 2.28. The Balaban J connectivity index is 1.83. The Bertz CT molecular complexity index is 1100. The Morgan fingerprint density at radius 3 is 2.72 bits per heavy atom. The summed E-state index contributed by atoms with van der Waals surface area (Å²) in [4.78, 5) is 4.93. The molecule has 25 heavy (non-hydrogen) atoms. The number of hydrogen-bond donors (Lipinski definition) is 0. The van der Waals surface area contributed by atoms with Gasteiger partial charge in [0.2, 0.25) is 4.80 Å². The van der Waals surface area contributed by atoms with Crippen molar-refractivity contribution in [1.29, 1.82) is 0 Å². The molecule has 6 heteroatoms. The van der Waals surface area contributed by atoms with Gasteiger partial charge in [0.1, 0.15) is 17.1 Å². The third-order valence-corrected chi connectivity index (χ3v) is 4.68. The number of fused-ring (bicyclic) bond motifs is 1. The van der Waals surface area contributed by atoms with Gasteiger partial charge in [0.15, 0.2) is 5.76 Å². The van der Waals surface area contributed by atoms with Gasteiger partial charge in [-0.3, -0.25) is 4.99 Å². The van der Waals surface area contributed by atoms with Crippen LogP contribution in [0.5, 0.6) is 0 Å². The Morgan fingerprint density at radius 1 is 1.12 bits per heavy atom. The maximum atomic E-state index is 13.8. The molecular formula is C19H14FN3OS. The molecule has 0 saturated carbocycles. The molecule has 0 amide bonds. The van der Waals surface area contributed by atoms with E-state index in [4.69, 9.17) is 4.42 Å². The number of thiazole rings is 1. The zero-order valence-corrected chi connectivity index (χ0v) is 14.2. The monoisotopic (exact) mass is 351 g/mol. The van der Waals surface area contributed by atoms with Crippen LogP contribution < -0.4 is 4.80 Å². The van der Waals surface area contributed by atoms with Gasteiger partial charge < -0.3 is 4.42 Å². The SMILES string of the molecule is CN=c1scc(-c2cc3ccccc3o2)n1N=Cc1ccccc1F. The molecular weight excluding hydrogens is 337 g/mol. The van der Waals surface area contributed by atoms with Crippen LogP contribution in [-0.4, -0.2) is 17.9 Å². The summed E-state index contributed by atoms with van der Waals surface area (Å²) in [5, 5.41) is 7.37. The summed E-state index contributed by atoms with van der Waals surface area (Å²) >= 11 is 1.45. The first-order valence-corrected chi connectivity index (χ1v) is 8.55. The van der Waals surface area contributed by atoms with Crippen LogP contribution in [0.4, 0.5) is 4.39 Å². The Labute approximate surface area is 147 Å². The quantitative estimate of drug-likeness (QED) is 0.501. The molecule has 0 aliphatic carbocycles. The summed E-state index contributed by atoms with van der Waals surface area (Å²) in [6.45, 7) is 0. The van der Waals surface area contributed by atoms with E-state index in [9.17, 15) is 4.39 Å². The average molecular weight is 351 g/mol. The first kappa shape index (κ1) is 15.5. The summed E-state index contributed by atoms with van der Waals surface area (Å²) in [7, 11) is 1.70. The van der Waals surface area contributed by atoms with Gasteiger partial charge in [0, 0.05) is 23.4 Å². The zero-order valence-electron chi connectivity index (χ0n) is 13.4. The first-order chi connectivity index (χ1) is 12.3. The topological polar surface area (TPSA) is 42.8 Å². The molecule has 0 radical (unpaired) electrons. The van der Waals surface area contributed by atoms with Crippen molar-refractivity contribution in [2.24, 2.45) is 10.1 Å². The smallest absolute Gasteiger partial charge is 0.206 e. The Kier molecular flexibility index (Phi) is 4.03. The van der Waals surface area contributed by atoms with E-state index in [-0.39, 0.29) is 5.82 Å². The summed E-state index contributed by atoms with van der Waals surface area (Å²) < 4.78 is 21.4. The molecule has 2 aromatic heterocycles. The molecule has 2 heterocycles. The van der Waals surface area contributed by atoms with Crippen LogP contribution in [-0.2, 0) is 0 Å². The standard InChI is InChI=1S/C19H14FN3OS/c1-21-19-23(22-11-14-7-2-4-8-15(14)20)16(12-25-19)18-10-13-6-3-5-9-17(13)24-18/h2-12H,1H3. The Morgan fingerprint density at radius 2 is 1.92 bits per heavy atom. The van der Waals surface area contributed by atoms with Gasteiger partial charge in [-0.15, -0.1) is 11.3 Å². The fourth-order valence-electron chi connectivity index (χ4n) is 2.54. The summed E-state index contributed by atoms with van der Waals surface area (Å²) in [5.74, 6) is 0.375. The molecule has 2 aromatic carbocycles. The van der Waals surface area contributed by atoms with E-state index < -0.39 is 0 Å². The Hall–Kier alpha value is -2.99. The number of hydrogen-bond acceptors (Lipinski definition) is 4. The van der Waals surface area contributed by atoms with Crippen molar-refractivity contribution in [1.82, 2.24) is 4.68 Å². The van der Waals surface area contributed by atoms with Gasteiger partial charge in [-0.05, 0) is 18.2 Å². The predicted octanol–water partition coefficient (Wildman–Crippen LogP) is 4.51. The van der Waals surface area contributed by atoms with Crippen LogP contribution in [0.1, 0.15) is 5.56 Å². The second kappa shape index (κ2) is 6.49. The van der Waals surface area contributed by atoms with Crippen LogP contribution in [0.3, 0.4) is 0 Å². The van der Waals surface area contributed by atoms with E-state index in [1.807, 2.05) is 35.7 Å². The van der Waals surface area contributed by atoms with Gasteiger partial charge in [0.25, 0.3) is 0 Å². The lowest BCUT2D eigenvalue weighted by Gasteiger charge is -2.00. The van der Waals surface area contributed by atoms with Crippen molar-refractivity contribution < 1.29 is 8.81 Å². The van der Waals surface area contributed by atoms with Gasteiger partial charge in [-0.1, -0.05) is 36.4 Å². The van der Waals surface area contributed by atoms with Crippen LogP contribution >= 0.6 is 11.3 Å². The van der Waals surface area contributed by atoms with E-state index in [0.29, 0.717) is 16.1 Å². The number of benzene rings is 2. The van der Waals surface area contributed by atoms with Gasteiger partial charge >= 0.3 is 0 Å². The van der Waals surface area contributed by atoms with Crippen molar-refractivity contribution >= 4 is 28.5 Å². The van der Waals surface area contributed by atoms with Crippen molar-refractivity contribution in [3.05, 3.63) is 76.2 Å². The molecule has 0 bridgehead atoms. The number of nitrogens with zero attached hydrogens (tertiary/aromatic N) is 3. The van der Waals surface area contributed by atoms with Crippen LogP contribution in [0.15, 0.2) is 74.5 Å². The molecule has 0 aliphatic rings. The van der Waals surface area contributed by atoms with Crippen LogP contribution in [0, 0.1) is 5.82 Å². The van der Waals surface area contributed by atoms with Gasteiger partial charge in [-0.2, -0.15) is 5.10 Å². The molecule has 124 valence electrons. The minimum absolute atomic E-state index is 0.317. The van der Waals surface area contributed by atoms with Crippen molar-refractivity contribution in [2.75, 3.05) is 7.05 Å². The second-order valence-electron chi connectivity index (χ2n) is 5.35. The highest BCUT2D eigenvalue weighted by atomic mass is 32.1. The minimum atomic E-state index is -0.317. The molecule has 0 aliphatic heterocycles. The van der Waals surface area contributed by atoms with E-state index in [2.05, 4.69) is 10.1 Å². The van der Waals surface area contributed by atoms with E-state index in [1.54, 1.807) is 29.9 Å². The highest BCUT2D eigenvalue weighted by molar-refractivity contribution is 7.07. The lowest BCUT2D eigenvalue weighted by atomic mass is 10.2. The van der Waals surface area contributed by atoms with Crippen molar-refractivity contribution in [3.8, 4) is 11.5 Å². The molecule has 0 N–H and O–H groups in total. The fraction of sp³-hybridized carbons (Fsp3) is 0.0526. The van der Waals surface area contributed by atoms with Crippen LogP contribution in [0.2, 0.25) is 0 Å². The summed E-state index contributed by atoms with van der Waals surface area (Å²) in [5.41, 5.74) is 2.00. The van der Waals surface area contributed by atoms with Crippen molar-refractivity contribution in [2.45, 2.75) is 0 Å². The van der Waals surface area contributed by atoms with E-state index in [0.717, 1.165) is 16.7 Å². The zero-order chi connectivity index (χ0) is 17.2. The fourth-order valence-corrected chi connectivity index (χ4v) is 3.32. The van der Waals surface area contributed by atoms with Crippen molar-refractivity contribution in [3.63, 3.8) is 0 Å². The van der Waals surface area contributed by atoms with Crippen LogP contribution in [0.25, 0.3) is 22.4 Å². The summed E-state index contributed by atoms with van der Waals surface area (Å²) in [6, 6.07) is 16.3. The average Bonchev–Trinajstić information content (AvgIpc) is 3.24. The molecule has 0 saturated heterocycles. The summed E-state index contributed by atoms with van der Waals surface area (Å²) in [6.07, 6.45) is 1.49. The number of aromatic nitrogens is 1. The highest BCUT2D eigenvalue weighted by Gasteiger charge is 2.12. The van der Waals surface area contributed by atoms with E-state index in [1.165, 1.54) is 23.6 Å². The molecule has 0 atom stereocenters. The lowest BCUT2D eigenvalue weighted by Crippen LogP contribution is -2.11. The number of halogens is 1. The van der Waals surface area contributed by atoms with Gasteiger partial charge in [-0.25, -0.2) is 9.07 Å². The maximum Gasteiger partial charge on any atom is 0.206 e. The number of rotatable bonds is 3. The molecule has 0 spiro atoms.